The van der Waals surface area contributed by atoms with Gasteiger partial charge in [-0.15, -0.1) is 0 Å². The molecule has 0 rings (SSSR count). The maximum atomic E-state index is 10.8. The molecule has 72 valence electrons. The third kappa shape index (κ3) is 3.83. The molecule has 0 aromatic heterocycles. The number of hydrogen-bond acceptors (Lipinski definition) is 3. The van der Waals surface area contributed by atoms with Gasteiger partial charge in [0, 0.05) is 0 Å². The third-order valence-corrected chi connectivity index (χ3v) is 1.87. The Balaban J connectivity index is 3.91. The van der Waals surface area contributed by atoms with Crippen molar-refractivity contribution >= 4 is 5.78 Å². The van der Waals surface area contributed by atoms with Gasteiger partial charge in [-0.25, -0.2) is 0 Å². The third-order valence-electron chi connectivity index (χ3n) is 1.87. The van der Waals surface area contributed by atoms with E-state index in [2.05, 4.69) is 0 Å². The van der Waals surface area contributed by atoms with E-state index in [1.807, 2.05) is 20.8 Å². The Morgan fingerprint density at radius 2 is 1.83 bits per heavy atom. The molecular formula is C9H18O3. The van der Waals surface area contributed by atoms with Crippen LogP contribution in [0, 0.1) is 11.8 Å². The van der Waals surface area contributed by atoms with Gasteiger partial charge in [0.2, 0.25) is 0 Å². The molecule has 0 spiro atoms. The van der Waals surface area contributed by atoms with Gasteiger partial charge in [-0.2, -0.15) is 0 Å². The highest BCUT2D eigenvalue weighted by atomic mass is 16.3. The van der Waals surface area contributed by atoms with E-state index in [1.54, 1.807) is 0 Å². The van der Waals surface area contributed by atoms with Crippen LogP contribution in [0.4, 0.5) is 0 Å². The molecule has 0 saturated heterocycles. The Hall–Kier alpha value is -0.410. The van der Waals surface area contributed by atoms with Gasteiger partial charge in [0.25, 0.3) is 0 Å². The van der Waals surface area contributed by atoms with Crippen molar-refractivity contribution in [2.75, 3.05) is 6.61 Å². The molecule has 0 saturated carbocycles. The quantitative estimate of drug-likeness (QED) is 0.641. The highest BCUT2D eigenvalue weighted by molar-refractivity contribution is 5.83. The number of hydrogen-bond donors (Lipinski definition) is 2. The second-order valence-electron chi connectivity index (χ2n) is 3.68. The van der Waals surface area contributed by atoms with Gasteiger partial charge in [0.05, 0.1) is 0 Å². The number of carbonyl (C=O) groups is 1. The van der Waals surface area contributed by atoms with Crippen LogP contribution >= 0.6 is 0 Å². The largest absolute Gasteiger partial charge is 0.388 e. The minimum absolute atomic E-state index is 0.0651. The van der Waals surface area contributed by atoms with Crippen molar-refractivity contribution in [1.82, 2.24) is 0 Å². The number of rotatable bonds is 5. The zero-order chi connectivity index (χ0) is 9.72. The summed E-state index contributed by atoms with van der Waals surface area (Å²) in [6.07, 6.45) is -0.204. The Bertz CT molecular complexity index is 143. The van der Waals surface area contributed by atoms with Gasteiger partial charge in [0.15, 0.2) is 5.78 Å². The molecule has 0 aliphatic heterocycles. The molecule has 0 heterocycles. The molecule has 2 unspecified atom stereocenters. The van der Waals surface area contributed by atoms with Gasteiger partial charge in [0.1, 0.15) is 12.7 Å². The number of aliphatic hydroxyl groups excluding tert-OH is 2. The summed E-state index contributed by atoms with van der Waals surface area (Å²) >= 11 is 0. The monoisotopic (exact) mass is 174 g/mol. The summed E-state index contributed by atoms with van der Waals surface area (Å²) in [6, 6.07) is 0. The molecular weight excluding hydrogens is 156 g/mol. The van der Waals surface area contributed by atoms with Crippen LogP contribution in [0.2, 0.25) is 0 Å². The Labute approximate surface area is 73.4 Å². The molecule has 0 aliphatic rings. The summed E-state index contributed by atoms with van der Waals surface area (Å²) in [5, 5.41) is 17.8. The van der Waals surface area contributed by atoms with E-state index in [1.165, 1.54) is 0 Å². The minimum atomic E-state index is -1.00. The van der Waals surface area contributed by atoms with E-state index in [4.69, 9.17) is 5.11 Å². The number of Topliss-reactive ketones (excluding diaryl/α,β-unsaturated/α-hetero) is 1. The Morgan fingerprint density at radius 3 is 2.17 bits per heavy atom. The van der Waals surface area contributed by atoms with Crippen molar-refractivity contribution < 1.29 is 15.0 Å². The first-order valence-corrected chi connectivity index (χ1v) is 4.30. The maximum Gasteiger partial charge on any atom is 0.186 e. The lowest BCUT2D eigenvalue weighted by atomic mass is 9.92. The standard InChI is InChI=1S/C9H18O3/c1-6(2)4-7(3)9(12)8(11)5-10/h6-7,9-10,12H,4-5H2,1-3H3. The molecule has 0 amide bonds. The summed E-state index contributed by atoms with van der Waals surface area (Å²) in [4.78, 5) is 10.8. The van der Waals surface area contributed by atoms with E-state index >= 15 is 0 Å². The van der Waals surface area contributed by atoms with Crippen molar-refractivity contribution in [3.63, 3.8) is 0 Å². The zero-order valence-corrected chi connectivity index (χ0v) is 7.95. The lowest BCUT2D eigenvalue weighted by Crippen LogP contribution is -2.30. The van der Waals surface area contributed by atoms with Crippen LogP contribution in [-0.4, -0.2) is 28.7 Å². The lowest BCUT2D eigenvalue weighted by Gasteiger charge is -2.18. The summed E-state index contributed by atoms with van der Waals surface area (Å²) in [6.45, 7) is 5.32. The minimum Gasteiger partial charge on any atom is -0.388 e. The van der Waals surface area contributed by atoms with Crippen LogP contribution in [0.15, 0.2) is 0 Å². The van der Waals surface area contributed by atoms with Crippen molar-refractivity contribution in [3.05, 3.63) is 0 Å². The number of carbonyl (C=O) groups excluding carboxylic acids is 1. The van der Waals surface area contributed by atoms with E-state index in [9.17, 15) is 9.90 Å². The zero-order valence-electron chi connectivity index (χ0n) is 7.95. The summed E-state index contributed by atoms with van der Waals surface area (Å²) in [5.41, 5.74) is 0. The van der Waals surface area contributed by atoms with E-state index in [0.717, 1.165) is 6.42 Å². The van der Waals surface area contributed by atoms with Gasteiger partial charge in [-0.1, -0.05) is 20.8 Å². The second kappa shape index (κ2) is 5.27. The molecule has 12 heavy (non-hydrogen) atoms. The fourth-order valence-corrected chi connectivity index (χ4v) is 1.28. The average Bonchev–Trinajstić information content (AvgIpc) is 2.00. The number of ketones is 1. The van der Waals surface area contributed by atoms with E-state index in [-0.39, 0.29) is 5.92 Å². The Morgan fingerprint density at radius 1 is 1.33 bits per heavy atom. The topological polar surface area (TPSA) is 57.5 Å². The molecule has 3 heteroatoms. The SMILES string of the molecule is CC(C)CC(C)C(O)C(=O)CO. The highest BCUT2D eigenvalue weighted by Gasteiger charge is 2.21. The van der Waals surface area contributed by atoms with E-state index < -0.39 is 18.5 Å². The fourth-order valence-electron chi connectivity index (χ4n) is 1.28. The van der Waals surface area contributed by atoms with Crippen LogP contribution < -0.4 is 0 Å². The van der Waals surface area contributed by atoms with Gasteiger partial charge >= 0.3 is 0 Å². The van der Waals surface area contributed by atoms with Crippen LogP contribution in [0.5, 0.6) is 0 Å². The first kappa shape index (κ1) is 11.6. The lowest BCUT2D eigenvalue weighted by molar-refractivity contribution is -0.132. The molecule has 0 fully saturated rings. The van der Waals surface area contributed by atoms with Gasteiger partial charge in [-0.3, -0.25) is 4.79 Å². The summed E-state index contributed by atoms with van der Waals surface area (Å²) in [5.74, 6) is -0.0889. The maximum absolute atomic E-state index is 10.8. The summed E-state index contributed by atoms with van der Waals surface area (Å²) < 4.78 is 0. The van der Waals surface area contributed by atoms with Crippen molar-refractivity contribution in [3.8, 4) is 0 Å². The molecule has 3 nitrogen and oxygen atoms in total. The van der Waals surface area contributed by atoms with Crippen molar-refractivity contribution in [2.24, 2.45) is 11.8 Å². The first-order valence-electron chi connectivity index (χ1n) is 4.30. The van der Waals surface area contributed by atoms with E-state index in [0.29, 0.717) is 5.92 Å². The number of aliphatic hydroxyl groups is 2. The summed E-state index contributed by atoms with van der Waals surface area (Å²) in [7, 11) is 0. The molecule has 0 aromatic carbocycles. The van der Waals surface area contributed by atoms with Crippen LogP contribution in [0.25, 0.3) is 0 Å². The molecule has 0 aromatic rings. The van der Waals surface area contributed by atoms with Gasteiger partial charge in [-0.05, 0) is 18.3 Å². The predicted molar refractivity (Wildman–Crippen MR) is 46.7 cm³/mol. The Kier molecular flexibility index (Phi) is 5.09. The van der Waals surface area contributed by atoms with Crippen molar-refractivity contribution in [2.45, 2.75) is 33.3 Å². The highest BCUT2D eigenvalue weighted by Crippen LogP contribution is 2.15. The predicted octanol–water partition coefficient (Wildman–Crippen LogP) is 0.591. The molecule has 0 radical (unpaired) electrons. The molecule has 2 N–H and O–H groups in total. The molecule has 0 bridgehead atoms. The van der Waals surface area contributed by atoms with Crippen molar-refractivity contribution in [1.29, 1.82) is 0 Å². The average molecular weight is 174 g/mol. The smallest absolute Gasteiger partial charge is 0.186 e. The van der Waals surface area contributed by atoms with Crippen LogP contribution in [0.1, 0.15) is 27.2 Å². The second-order valence-corrected chi connectivity index (χ2v) is 3.68. The first-order chi connectivity index (χ1) is 5.49. The molecule has 0 aliphatic carbocycles. The fraction of sp³-hybridized carbons (Fsp3) is 0.889. The van der Waals surface area contributed by atoms with Crippen LogP contribution in [-0.2, 0) is 4.79 Å². The van der Waals surface area contributed by atoms with Crippen LogP contribution in [0.3, 0.4) is 0 Å². The normalized spacial score (nSPS) is 16.2. The van der Waals surface area contributed by atoms with Gasteiger partial charge < -0.3 is 10.2 Å². The molecule has 2 atom stereocenters.